The third kappa shape index (κ3) is 4.37. The van der Waals surface area contributed by atoms with Gasteiger partial charge in [-0.3, -0.25) is 4.79 Å². The smallest absolute Gasteiger partial charge is 0.263 e. The summed E-state index contributed by atoms with van der Waals surface area (Å²) in [4.78, 5) is 14.1. The van der Waals surface area contributed by atoms with Crippen LogP contribution in [0.4, 0.5) is 0 Å². The molecule has 5 nitrogen and oxygen atoms in total. The second-order valence-corrected chi connectivity index (χ2v) is 6.37. The first-order valence-electron chi connectivity index (χ1n) is 8.08. The Labute approximate surface area is 152 Å². The van der Waals surface area contributed by atoms with Crippen molar-refractivity contribution >= 4 is 17.5 Å². The highest BCUT2D eigenvalue weighted by molar-refractivity contribution is 6.30. The van der Waals surface area contributed by atoms with E-state index in [0.29, 0.717) is 29.7 Å². The Bertz CT molecular complexity index is 734. The first kappa shape index (κ1) is 17.4. The summed E-state index contributed by atoms with van der Waals surface area (Å²) in [5.74, 6) is 1.90. The van der Waals surface area contributed by atoms with E-state index in [-0.39, 0.29) is 12.0 Å². The maximum absolute atomic E-state index is 12.5. The number of carbonyl (C=O) groups excluding carboxylic acids is 1. The van der Waals surface area contributed by atoms with Gasteiger partial charge < -0.3 is 19.1 Å². The minimum Gasteiger partial charge on any atom is -0.486 e. The summed E-state index contributed by atoms with van der Waals surface area (Å²) in [7, 11) is 1.73. The van der Waals surface area contributed by atoms with Crippen molar-refractivity contribution in [3.63, 3.8) is 0 Å². The first-order chi connectivity index (χ1) is 12.0. The Morgan fingerprint density at radius 2 is 1.92 bits per heavy atom. The summed E-state index contributed by atoms with van der Waals surface area (Å²) in [6.45, 7) is 2.55. The van der Waals surface area contributed by atoms with Crippen LogP contribution in [0.2, 0.25) is 5.02 Å². The molecule has 1 heterocycles. The van der Waals surface area contributed by atoms with Gasteiger partial charge in [-0.2, -0.15) is 0 Å². The quantitative estimate of drug-likeness (QED) is 0.818. The zero-order chi connectivity index (χ0) is 17.8. The Morgan fingerprint density at radius 1 is 1.24 bits per heavy atom. The van der Waals surface area contributed by atoms with Crippen molar-refractivity contribution in [1.29, 1.82) is 0 Å². The van der Waals surface area contributed by atoms with Gasteiger partial charge in [0.25, 0.3) is 5.91 Å². The number of amides is 1. The van der Waals surface area contributed by atoms with Gasteiger partial charge >= 0.3 is 0 Å². The van der Waals surface area contributed by atoms with Gasteiger partial charge in [0.15, 0.2) is 23.7 Å². The number of carbonyl (C=O) groups is 1. The number of rotatable bonds is 5. The summed E-state index contributed by atoms with van der Waals surface area (Å²) in [6, 6.07) is 14.4. The average molecular weight is 362 g/mol. The van der Waals surface area contributed by atoms with Crippen molar-refractivity contribution in [2.24, 2.45) is 0 Å². The van der Waals surface area contributed by atoms with Gasteiger partial charge in [-0.15, -0.1) is 0 Å². The van der Waals surface area contributed by atoms with Crippen LogP contribution in [-0.4, -0.2) is 43.2 Å². The maximum Gasteiger partial charge on any atom is 0.263 e. The molecule has 2 unspecified atom stereocenters. The monoisotopic (exact) mass is 361 g/mol. The molecule has 6 heteroatoms. The van der Waals surface area contributed by atoms with Crippen LogP contribution in [0.3, 0.4) is 0 Å². The van der Waals surface area contributed by atoms with E-state index in [0.717, 1.165) is 5.75 Å². The van der Waals surface area contributed by atoms with Crippen LogP contribution in [-0.2, 0) is 4.79 Å². The molecule has 0 spiro atoms. The molecule has 1 aliphatic rings. The first-order valence-corrected chi connectivity index (χ1v) is 8.46. The molecule has 2 aromatic rings. The van der Waals surface area contributed by atoms with E-state index >= 15 is 0 Å². The summed E-state index contributed by atoms with van der Waals surface area (Å²) >= 11 is 5.85. The molecule has 0 N–H and O–H groups in total. The van der Waals surface area contributed by atoms with E-state index in [1.54, 1.807) is 43.1 Å². The molecule has 0 fully saturated rings. The topological polar surface area (TPSA) is 48.0 Å². The number of hydrogen-bond donors (Lipinski definition) is 0. The highest BCUT2D eigenvalue weighted by atomic mass is 35.5. The van der Waals surface area contributed by atoms with E-state index < -0.39 is 6.10 Å². The number of likely N-dealkylation sites (N-methyl/N-ethyl adjacent to an activating group) is 1. The van der Waals surface area contributed by atoms with Crippen LogP contribution in [0.1, 0.15) is 6.92 Å². The Balaban J connectivity index is 1.54. The molecule has 0 aromatic heterocycles. The van der Waals surface area contributed by atoms with E-state index in [4.69, 9.17) is 25.8 Å². The van der Waals surface area contributed by atoms with Crippen molar-refractivity contribution in [3.05, 3.63) is 53.6 Å². The lowest BCUT2D eigenvalue weighted by Crippen LogP contribution is -2.45. The lowest BCUT2D eigenvalue weighted by Gasteiger charge is -2.30. The van der Waals surface area contributed by atoms with Crippen molar-refractivity contribution in [1.82, 2.24) is 4.90 Å². The largest absolute Gasteiger partial charge is 0.486 e. The van der Waals surface area contributed by atoms with E-state index in [1.165, 1.54) is 0 Å². The van der Waals surface area contributed by atoms with Gasteiger partial charge in [0, 0.05) is 12.1 Å². The van der Waals surface area contributed by atoms with Crippen molar-refractivity contribution in [3.8, 4) is 17.2 Å². The van der Waals surface area contributed by atoms with Gasteiger partial charge in [-0.1, -0.05) is 23.7 Å². The van der Waals surface area contributed by atoms with Crippen LogP contribution in [0.25, 0.3) is 0 Å². The predicted molar refractivity (Wildman–Crippen MR) is 95.5 cm³/mol. The van der Waals surface area contributed by atoms with Gasteiger partial charge in [-0.25, -0.2) is 0 Å². The van der Waals surface area contributed by atoms with Gasteiger partial charge in [0.05, 0.1) is 6.54 Å². The average Bonchev–Trinajstić information content (AvgIpc) is 2.62. The number of ether oxygens (including phenoxy) is 3. The summed E-state index contributed by atoms with van der Waals surface area (Å²) in [6.07, 6.45) is -0.824. The minimum atomic E-state index is -0.608. The molecule has 1 amide bonds. The molecular formula is C19H20ClNO4. The van der Waals surface area contributed by atoms with Crippen molar-refractivity contribution in [2.45, 2.75) is 19.1 Å². The van der Waals surface area contributed by atoms with Gasteiger partial charge in [-0.05, 0) is 43.3 Å². The number of halogens is 1. The van der Waals surface area contributed by atoms with Crippen LogP contribution < -0.4 is 14.2 Å². The SMILES string of the molecule is CC(Oc1ccc(Cl)cc1)C(=O)N(C)CC1COc2ccccc2O1. The van der Waals surface area contributed by atoms with Crippen LogP contribution in [0.5, 0.6) is 17.2 Å². The fourth-order valence-corrected chi connectivity index (χ4v) is 2.75. The molecule has 0 bridgehead atoms. The summed E-state index contributed by atoms with van der Waals surface area (Å²) in [5.41, 5.74) is 0. The predicted octanol–water partition coefficient (Wildman–Crippen LogP) is 3.41. The molecule has 3 rings (SSSR count). The number of hydrogen-bond acceptors (Lipinski definition) is 4. The molecule has 0 saturated heterocycles. The highest BCUT2D eigenvalue weighted by Gasteiger charge is 2.26. The molecule has 132 valence electrons. The van der Waals surface area contributed by atoms with Crippen LogP contribution >= 0.6 is 11.6 Å². The fraction of sp³-hybridized carbons (Fsp3) is 0.316. The molecule has 25 heavy (non-hydrogen) atoms. The maximum atomic E-state index is 12.5. The summed E-state index contributed by atoms with van der Waals surface area (Å²) in [5, 5.41) is 0.623. The zero-order valence-corrected chi connectivity index (χ0v) is 14.9. The van der Waals surface area contributed by atoms with Crippen molar-refractivity contribution in [2.75, 3.05) is 20.2 Å². The molecule has 2 aromatic carbocycles. The number of nitrogens with zero attached hydrogens (tertiary/aromatic N) is 1. The second-order valence-electron chi connectivity index (χ2n) is 5.93. The number of fused-ring (bicyclic) bond motifs is 1. The number of benzene rings is 2. The molecule has 0 radical (unpaired) electrons. The normalized spacial score (nSPS) is 16.8. The fourth-order valence-electron chi connectivity index (χ4n) is 2.63. The highest BCUT2D eigenvalue weighted by Crippen LogP contribution is 2.31. The molecule has 1 aliphatic heterocycles. The Hall–Kier alpha value is -2.40. The zero-order valence-electron chi connectivity index (χ0n) is 14.1. The van der Waals surface area contributed by atoms with Crippen molar-refractivity contribution < 1.29 is 19.0 Å². The lowest BCUT2D eigenvalue weighted by molar-refractivity contribution is -0.138. The van der Waals surface area contributed by atoms with Gasteiger partial charge in [0.2, 0.25) is 0 Å². The van der Waals surface area contributed by atoms with Crippen LogP contribution in [0.15, 0.2) is 48.5 Å². The number of para-hydroxylation sites is 2. The van der Waals surface area contributed by atoms with E-state index in [1.807, 2.05) is 24.3 Å². The molecule has 0 saturated carbocycles. The molecule has 2 atom stereocenters. The molecule has 0 aliphatic carbocycles. The second kappa shape index (κ2) is 7.66. The summed E-state index contributed by atoms with van der Waals surface area (Å²) < 4.78 is 17.2. The lowest BCUT2D eigenvalue weighted by atomic mass is 10.2. The molecular weight excluding hydrogens is 342 g/mol. The Morgan fingerprint density at radius 3 is 2.64 bits per heavy atom. The Kier molecular flexibility index (Phi) is 5.34. The third-order valence-electron chi connectivity index (χ3n) is 3.90. The van der Waals surface area contributed by atoms with E-state index in [9.17, 15) is 4.79 Å². The van der Waals surface area contributed by atoms with Gasteiger partial charge in [0.1, 0.15) is 12.4 Å². The van der Waals surface area contributed by atoms with Crippen LogP contribution in [0, 0.1) is 0 Å². The standard InChI is InChI=1S/C19H20ClNO4/c1-13(24-15-9-7-14(20)8-10-15)19(22)21(2)11-16-12-23-17-5-3-4-6-18(17)25-16/h3-10,13,16H,11-12H2,1-2H3. The third-order valence-corrected chi connectivity index (χ3v) is 4.15. The minimum absolute atomic E-state index is 0.127. The van der Waals surface area contributed by atoms with E-state index in [2.05, 4.69) is 0 Å².